The third-order valence-corrected chi connectivity index (χ3v) is 5.26. The molecule has 2 aromatic rings. The van der Waals surface area contributed by atoms with Crippen LogP contribution in [0.1, 0.15) is 37.8 Å². The first-order valence-corrected chi connectivity index (χ1v) is 9.82. The highest BCUT2D eigenvalue weighted by Crippen LogP contribution is 2.25. The number of carbonyl (C=O) groups is 1. The quantitative estimate of drug-likeness (QED) is 0.582. The number of anilines is 1. The monoisotopic (exact) mass is 381 g/mol. The second kappa shape index (κ2) is 9.47. The molecule has 1 atom stereocenters. The third kappa shape index (κ3) is 4.76. The van der Waals surface area contributed by atoms with Crippen molar-refractivity contribution >= 4 is 22.8 Å². The van der Waals surface area contributed by atoms with Gasteiger partial charge in [-0.2, -0.15) is 5.26 Å². The number of benzene rings is 1. The molecule has 28 heavy (non-hydrogen) atoms. The van der Waals surface area contributed by atoms with E-state index in [4.69, 9.17) is 4.74 Å². The number of piperidine rings is 1. The number of hydrogen-bond donors (Lipinski definition) is 1. The highest BCUT2D eigenvalue weighted by Gasteiger charge is 2.27. The molecule has 0 radical (unpaired) electrons. The van der Waals surface area contributed by atoms with E-state index in [1.54, 1.807) is 0 Å². The van der Waals surface area contributed by atoms with Crippen molar-refractivity contribution in [3.05, 3.63) is 30.0 Å². The summed E-state index contributed by atoms with van der Waals surface area (Å²) in [6.45, 7) is 6.34. The topological polar surface area (TPSA) is 91.1 Å². The van der Waals surface area contributed by atoms with Crippen molar-refractivity contribution in [3.63, 3.8) is 0 Å². The molecule has 1 aromatic carbocycles. The van der Waals surface area contributed by atoms with Crippen LogP contribution in [0.25, 0.3) is 11.0 Å². The van der Waals surface area contributed by atoms with E-state index in [1.807, 2.05) is 30.3 Å². The van der Waals surface area contributed by atoms with Crippen molar-refractivity contribution in [2.24, 2.45) is 5.92 Å². The summed E-state index contributed by atoms with van der Waals surface area (Å²) in [5, 5.41) is 12.8. The summed E-state index contributed by atoms with van der Waals surface area (Å²) < 4.78 is 4.77. The molecule has 1 aliphatic rings. The Morgan fingerprint density at radius 2 is 2.00 bits per heavy atom. The zero-order chi connectivity index (χ0) is 19.9. The van der Waals surface area contributed by atoms with Gasteiger partial charge in [-0.05, 0) is 56.9 Å². The van der Waals surface area contributed by atoms with Gasteiger partial charge in [-0.25, -0.2) is 9.97 Å². The number of hydrogen-bond acceptors (Lipinski definition) is 7. The summed E-state index contributed by atoms with van der Waals surface area (Å²) >= 11 is 0. The summed E-state index contributed by atoms with van der Waals surface area (Å²) in [4.78, 5) is 23.7. The Morgan fingerprint density at radius 3 is 2.64 bits per heavy atom. The number of aromatic nitrogens is 2. The van der Waals surface area contributed by atoms with Gasteiger partial charge in [-0.15, -0.1) is 0 Å². The Bertz CT molecular complexity index is 855. The molecule has 7 heteroatoms. The van der Waals surface area contributed by atoms with E-state index in [0.717, 1.165) is 37.5 Å². The molecule has 1 N–H and O–H groups in total. The van der Waals surface area contributed by atoms with Crippen LogP contribution in [0.3, 0.4) is 0 Å². The van der Waals surface area contributed by atoms with Gasteiger partial charge in [-0.3, -0.25) is 4.79 Å². The van der Waals surface area contributed by atoms with Crippen molar-refractivity contribution < 1.29 is 9.53 Å². The fourth-order valence-electron chi connectivity index (χ4n) is 3.48. The van der Waals surface area contributed by atoms with Crippen LogP contribution in [-0.2, 0) is 9.53 Å². The van der Waals surface area contributed by atoms with Crippen LogP contribution in [0.15, 0.2) is 24.3 Å². The van der Waals surface area contributed by atoms with Crippen LogP contribution in [0.5, 0.6) is 0 Å². The van der Waals surface area contributed by atoms with Gasteiger partial charge < -0.3 is 15.0 Å². The highest BCUT2D eigenvalue weighted by atomic mass is 16.5. The molecule has 0 spiro atoms. The van der Waals surface area contributed by atoms with E-state index in [9.17, 15) is 10.1 Å². The number of rotatable bonds is 7. The fraction of sp³-hybridized carbons (Fsp3) is 0.524. The van der Waals surface area contributed by atoms with E-state index >= 15 is 0 Å². The maximum atomic E-state index is 12.0. The summed E-state index contributed by atoms with van der Waals surface area (Å²) in [5.74, 6) is -0.431. The number of nitrogens with zero attached hydrogens (tertiary/aromatic N) is 4. The van der Waals surface area contributed by atoms with Crippen molar-refractivity contribution in [1.29, 1.82) is 5.26 Å². The number of carbonyl (C=O) groups excluding carboxylic acids is 1. The van der Waals surface area contributed by atoms with Gasteiger partial charge in [0.25, 0.3) is 0 Å². The molecular formula is C21H27N5O2. The molecule has 7 nitrogen and oxygen atoms in total. The van der Waals surface area contributed by atoms with E-state index in [2.05, 4.69) is 27.1 Å². The lowest BCUT2D eigenvalue weighted by Crippen LogP contribution is -2.34. The summed E-state index contributed by atoms with van der Waals surface area (Å²) in [5.41, 5.74) is 1.69. The molecule has 0 saturated carbocycles. The number of likely N-dealkylation sites (tertiary alicyclic amines) is 1. The average molecular weight is 381 g/mol. The van der Waals surface area contributed by atoms with Gasteiger partial charge in [0.05, 0.1) is 24.2 Å². The largest absolute Gasteiger partial charge is 0.468 e. The van der Waals surface area contributed by atoms with Crippen LogP contribution >= 0.6 is 0 Å². The molecule has 1 aromatic heterocycles. The average Bonchev–Trinajstić information content (AvgIpc) is 2.72. The summed E-state index contributed by atoms with van der Waals surface area (Å²) in [6.07, 6.45) is 3.48. The van der Waals surface area contributed by atoms with Crippen LogP contribution < -0.4 is 5.32 Å². The standard InChI is InChI=1S/C21H27N5O2/c1-15-8-12-26(13-9-15)11-5-10-23-20-19(16(14-22)21(27)28-2)24-17-6-3-4-7-18(17)25-20/h3-4,6-7,15-16H,5,8-13H2,1-2H3,(H,23,25). The Balaban J connectivity index is 1.72. The Kier molecular flexibility index (Phi) is 6.77. The lowest BCUT2D eigenvalue weighted by Gasteiger charge is -2.30. The Labute approximate surface area is 165 Å². The summed E-state index contributed by atoms with van der Waals surface area (Å²) in [7, 11) is 1.27. The zero-order valence-corrected chi connectivity index (χ0v) is 16.5. The smallest absolute Gasteiger partial charge is 0.329 e. The lowest BCUT2D eigenvalue weighted by molar-refractivity contribution is -0.141. The molecule has 0 amide bonds. The maximum absolute atomic E-state index is 12.0. The Hall–Kier alpha value is -2.72. The van der Waals surface area contributed by atoms with Crippen molar-refractivity contribution in [2.75, 3.05) is 38.6 Å². The third-order valence-electron chi connectivity index (χ3n) is 5.26. The first-order chi connectivity index (χ1) is 13.6. The Morgan fingerprint density at radius 1 is 1.32 bits per heavy atom. The number of esters is 1. The minimum absolute atomic E-state index is 0.319. The van der Waals surface area contributed by atoms with Gasteiger partial charge in [0.1, 0.15) is 5.69 Å². The lowest BCUT2D eigenvalue weighted by atomic mass is 9.99. The zero-order valence-electron chi connectivity index (χ0n) is 16.5. The number of nitrogens with one attached hydrogen (secondary N) is 1. The van der Waals surface area contributed by atoms with Crippen molar-refractivity contribution in [2.45, 2.75) is 32.1 Å². The fourth-order valence-corrected chi connectivity index (χ4v) is 3.48. The second-order valence-corrected chi connectivity index (χ2v) is 7.34. The number of methoxy groups -OCH3 is 1. The van der Waals surface area contributed by atoms with Gasteiger partial charge in [0.2, 0.25) is 0 Å². The molecule has 1 unspecified atom stereocenters. The molecule has 1 aliphatic heterocycles. The van der Waals surface area contributed by atoms with E-state index < -0.39 is 11.9 Å². The molecular weight excluding hydrogens is 354 g/mol. The second-order valence-electron chi connectivity index (χ2n) is 7.34. The van der Waals surface area contributed by atoms with E-state index in [0.29, 0.717) is 23.6 Å². The first kappa shape index (κ1) is 20.0. The highest BCUT2D eigenvalue weighted by molar-refractivity contribution is 5.84. The van der Waals surface area contributed by atoms with Crippen molar-refractivity contribution in [3.8, 4) is 6.07 Å². The van der Waals surface area contributed by atoms with Crippen LogP contribution in [-0.4, -0.2) is 54.1 Å². The predicted molar refractivity (Wildman–Crippen MR) is 108 cm³/mol. The number of nitriles is 1. The van der Waals surface area contributed by atoms with Crippen LogP contribution in [0.2, 0.25) is 0 Å². The van der Waals surface area contributed by atoms with Gasteiger partial charge in [0.15, 0.2) is 11.7 Å². The molecule has 0 bridgehead atoms. The normalized spacial score (nSPS) is 16.5. The molecule has 2 heterocycles. The van der Waals surface area contributed by atoms with E-state index in [1.165, 1.54) is 20.0 Å². The SMILES string of the molecule is COC(=O)C(C#N)c1nc2ccccc2nc1NCCCN1CCC(C)CC1. The first-order valence-electron chi connectivity index (χ1n) is 9.82. The molecule has 3 rings (SSSR count). The molecule has 1 saturated heterocycles. The van der Waals surface area contributed by atoms with Gasteiger partial charge >= 0.3 is 5.97 Å². The van der Waals surface area contributed by atoms with Crippen LogP contribution in [0, 0.1) is 17.2 Å². The predicted octanol–water partition coefficient (Wildman–Crippen LogP) is 2.94. The van der Waals surface area contributed by atoms with E-state index in [-0.39, 0.29) is 0 Å². The summed E-state index contributed by atoms with van der Waals surface area (Å²) in [6, 6.07) is 9.42. The van der Waals surface area contributed by atoms with Crippen molar-refractivity contribution in [1.82, 2.24) is 14.9 Å². The number of ether oxygens (including phenoxy) is 1. The molecule has 148 valence electrons. The van der Waals surface area contributed by atoms with Gasteiger partial charge in [-0.1, -0.05) is 19.1 Å². The molecule has 1 fully saturated rings. The minimum Gasteiger partial charge on any atom is -0.468 e. The number of para-hydroxylation sites is 2. The minimum atomic E-state index is -1.10. The maximum Gasteiger partial charge on any atom is 0.329 e. The molecule has 0 aliphatic carbocycles. The number of fused-ring (bicyclic) bond motifs is 1. The van der Waals surface area contributed by atoms with Crippen LogP contribution in [0.4, 0.5) is 5.82 Å². The van der Waals surface area contributed by atoms with Gasteiger partial charge in [0, 0.05) is 6.54 Å².